The highest BCUT2D eigenvalue weighted by molar-refractivity contribution is 6.04. The van der Waals surface area contributed by atoms with E-state index in [4.69, 9.17) is 9.15 Å². The molecule has 0 saturated heterocycles. The lowest BCUT2D eigenvalue weighted by Gasteiger charge is -2.19. The van der Waals surface area contributed by atoms with Gasteiger partial charge < -0.3 is 14.5 Å². The van der Waals surface area contributed by atoms with Crippen LogP contribution in [0.4, 0.5) is 5.69 Å². The van der Waals surface area contributed by atoms with Crippen molar-refractivity contribution >= 4 is 11.5 Å². The Morgan fingerprint density at radius 1 is 0.966 bits per heavy atom. The van der Waals surface area contributed by atoms with Gasteiger partial charge in [-0.1, -0.05) is 66.7 Å². The summed E-state index contributed by atoms with van der Waals surface area (Å²) in [6.45, 7) is 0. The first kappa shape index (κ1) is 18.5. The van der Waals surface area contributed by atoms with Gasteiger partial charge >= 0.3 is 0 Å². The molecule has 1 aromatic heterocycles. The number of anilines is 1. The van der Waals surface area contributed by atoms with E-state index in [2.05, 4.69) is 10.3 Å². The number of nitrogens with zero attached hydrogens (tertiary/aromatic N) is 1. The highest BCUT2D eigenvalue weighted by Gasteiger charge is 2.28. The average molecular weight is 384 g/mol. The fourth-order valence-electron chi connectivity index (χ4n) is 3.18. The molecule has 3 aromatic carbocycles. The second kappa shape index (κ2) is 8.44. The zero-order valence-electron chi connectivity index (χ0n) is 15.9. The Bertz CT molecular complexity index is 1090. The van der Waals surface area contributed by atoms with E-state index in [1.807, 2.05) is 84.9 Å². The van der Waals surface area contributed by atoms with Gasteiger partial charge in [-0.15, -0.1) is 0 Å². The van der Waals surface area contributed by atoms with Crippen LogP contribution in [0, 0.1) is 0 Å². The molecule has 29 heavy (non-hydrogen) atoms. The quantitative estimate of drug-likeness (QED) is 0.433. The summed E-state index contributed by atoms with van der Waals surface area (Å²) in [5, 5.41) is 3.32. The van der Waals surface area contributed by atoms with Crippen molar-refractivity contribution in [1.82, 2.24) is 4.98 Å². The largest absolute Gasteiger partial charge is 0.497 e. The lowest BCUT2D eigenvalue weighted by Crippen LogP contribution is -2.21. The molecule has 4 aromatic rings. The summed E-state index contributed by atoms with van der Waals surface area (Å²) in [6.07, 6.45) is 1.31. The van der Waals surface area contributed by atoms with Gasteiger partial charge in [-0.3, -0.25) is 4.79 Å². The third kappa shape index (κ3) is 4.04. The van der Waals surface area contributed by atoms with Gasteiger partial charge in [-0.2, -0.15) is 0 Å². The molecule has 144 valence electrons. The Kier molecular flexibility index (Phi) is 5.38. The molecule has 0 aliphatic heterocycles. The van der Waals surface area contributed by atoms with E-state index >= 15 is 0 Å². The van der Waals surface area contributed by atoms with Crippen LogP contribution < -0.4 is 10.1 Å². The van der Waals surface area contributed by atoms with Crippen molar-refractivity contribution in [3.8, 4) is 17.0 Å². The molecule has 0 spiro atoms. The van der Waals surface area contributed by atoms with E-state index in [-0.39, 0.29) is 11.5 Å². The molecular weight excluding hydrogens is 364 g/mol. The maximum atomic E-state index is 13.5. The molecule has 1 heterocycles. The highest BCUT2D eigenvalue weighted by Crippen LogP contribution is 2.30. The minimum atomic E-state index is -0.640. The first-order chi connectivity index (χ1) is 14.3. The predicted octanol–water partition coefficient (Wildman–Crippen LogP) is 5.39. The third-order valence-corrected chi connectivity index (χ3v) is 4.61. The number of ether oxygens (including phenoxy) is 1. The van der Waals surface area contributed by atoms with Gasteiger partial charge in [0.05, 0.1) is 7.11 Å². The molecule has 0 aliphatic carbocycles. The van der Waals surface area contributed by atoms with Crippen LogP contribution in [0.3, 0.4) is 0 Å². The van der Waals surface area contributed by atoms with Gasteiger partial charge in [0.2, 0.25) is 11.5 Å². The molecule has 0 radical (unpaired) electrons. The normalized spacial score (nSPS) is 11.6. The van der Waals surface area contributed by atoms with Crippen molar-refractivity contribution in [3.63, 3.8) is 0 Å². The summed E-state index contributed by atoms with van der Waals surface area (Å²) in [7, 11) is 1.61. The summed E-state index contributed by atoms with van der Waals surface area (Å²) < 4.78 is 10.8. The number of benzene rings is 3. The van der Waals surface area contributed by atoms with Gasteiger partial charge in [0.1, 0.15) is 17.5 Å². The highest BCUT2D eigenvalue weighted by atomic mass is 16.5. The second-order valence-corrected chi connectivity index (χ2v) is 6.48. The molecule has 1 N–H and O–H groups in total. The standard InChI is InChI=1S/C24H20N2O3/c1-28-20-14-8-13-19(15-20)26-21(17-9-4-2-5-10-17)23(27)24-22(25-16-29-24)18-11-6-3-7-12-18/h2-16,21,26H,1H3. The van der Waals surface area contributed by atoms with Gasteiger partial charge in [0.15, 0.2) is 6.39 Å². The first-order valence-electron chi connectivity index (χ1n) is 9.25. The van der Waals surface area contributed by atoms with Gasteiger partial charge in [-0.25, -0.2) is 4.98 Å². The number of ketones is 1. The zero-order valence-corrected chi connectivity index (χ0v) is 15.9. The maximum absolute atomic E-state index is 13.5. The summed E-state index contributed by atoms with van der Waals surface area (Å²) >= 11 is 0. The Morgan fingerprint density at radius 3 is 2.41 bits per heavy atom. The molecule has 0 amide bonds. The molecule has 5 nitrogen and oxygen atoms in total. The molecule has 5 heteroatoms. The second-order valence-electron chi connectivity index (χ2n) is 6.48. The minimum Gasteiger partial charge on any atom is -0.497 e. The Morgan fingerprint density at radius 2 is 1.69 bits per heavy atom. The van der Waals surface area contributed by atoms with Gasteiger partial charge in [0, 0.05) is 17.3 Å². The Balaban J connectivity index is 1.72. The maximum Gasteiger partial charge on any atom is 0.227 e. The van der Waals surface area contributed by atoms with E-state index in [0.717, 1.165) is 16.8 Å². The summed E-state index contributed by atoms with van der Waals surface area (Å²) in [6, 6.07) is 25.9. The summed E-state index contributed by atoms with van der Waals surface area (Å²) in [5.41, 5.74) is 2.96. The number of Topliss-reactive ketones (excluding diaryl/α,β-unsaturated/α-hetero) is 1. The smallest absolute Gasteiger partial charge is 0.227 e. The van der Waals surface area contributed by atoms with Crippen LogP contribution in [-0.2, 0) is 0 Å². The van der Waals surface area contributed by atoms with E-state index in [1.165, 1.54) is 6.39 Å². The molecule has 4 rings (SSSR count). The minimum absolute atomic E-state index is 0.199. The SMILES string of the molecule is COc1cccc(NC(C(=O)c2ocnc2-c2ccccc2)c2ccccc2)c1. The summed E-state index contributed by atoms with van der Waals surface area (Å²) in [5.74, 6) is 0.731. The average Bonchev–Trinajstić information content (AvgIpc) is 3.28. The molecule has 1 atom stereocenters. The predicted molar refractivity (Wildman–Crippen MR) is 112 cm³/mol. The van der Waals surface area contributed by atoms with E-state index in [1.54, 1.807) is 7.11 Å². The van der Waals surface area contributed by atoms with Crippen molar-refractivity contribution in [2.75, 3.05) is 12.4 Å². The molecular formula is C24H20N2O3. The van der Waals surface area contributed by atoms with E-state index < -0.39 is 6.04 Å². The number of carbonyl (C=O) groups is 1. The van der Waals surface area contributed by atoms with Crippen LogP contribution in [0.15, 0.2) is 95.7 Å². The Labute approximate surface area is 169 Å². The molecule has 0 bridgehead atoms. The van der Waals surface area contributed by atoms with Crippen molar-refractivity contribution in [2.24, 2.45) is 0 Å². The van der Waals surface area contributed by atoms with Crippen LogP contribution in [-0.4, -0.2) is 17.9 Å². The van der Waals surface area contributed by atoms with Crippen molar-refractivity contribution in [1.29, 1.82) is 0 Å². The lowest BCUT2D eigenvalue weighted by atomic mass is 9.98. The molecule has 0 fully saturated rings. The first-order valence-corrected chi connectivity index (χ1v) is 9.25. The van der Waals surface area contributed by atoms with E-state index in [0.29, 0.717) is 11.4 Å². The van der Waals surface area contributed by atoms with Crippen LogP contribution in [0.1, 0.15) is 22.2 Å². The summed E-state index contributed by atoms with van der Waals surface area (Å²) in [4.78, 5) is 17.8. The third-order valence-electron chi connectivity index (χ3n) is 4.61. The van der Waals surface area contributed by atoms with Gasteiger partial charge in [-0.05, 0) is 17.7 Å². The number of hydrogen-bond acceptors (Lipinski definition) is 5. The number of carbonyl (C=O) groups excluding carboxylic acids is 1. The number of aromatic nitrogens is 1. The van der Waals surface area contributed by atoms with Crippen LogP contribution in [0.5, 0.6) is 5.75 Å². The van der Waals surface area contributed by atoms with E-state index in [9.17, 15) is 4.79 Å². The number of nitrogens with one attached hydrogen (secondary N) is 1. The van der Waals surface area contributed by atoms with Crippen LogP contribution in [0.25, 0.3) is 11.3 Å². The van der Waals surface area contributed by atoms with Crippen molar-refractivity contribution in [2.45, 2.75) is 6.04 Å². The molecule has 0 aliphatic rings. The number of rotatable bonds is 7. The fraction of sp³-hybridized carbons (Fsp3) is 0.0833. The number of methoxy groups -OCH3 is 1. The number of hydrogen-bond donors (Lipinski definition) is 1. The lowest BCUT2D eigenvalue weighted by molar-refractivity contribution is 0.0943. The zero-order chi connectivity index (χ0) is 20.1. The number of oxazole rings is 1. The Hall–Kier alpha value is -3.86. The van der Waals surface area contributed by atoms with Crippen LogP contribution >= 0.6 is 0 Å². The van der Waals surface area contributed by atoms with Gasteiger partial charge in [0.25, 0.3) is 0 Å². The fourth-order valence-corrected chi connectivity index (χ4v) is 3.18. The van der Waals surface area contributed by atoms with Crippen molar-refractivity contribution < 1.29 is 13.9 Å². The topological polar surface area (TPSA) is 64.4 Å². The van der Waals surface area contributed by atoms with Crippen LogP contribution in [0.2, 0.25) is 0 Å². The van der Waals surface area contributed by atoms with Crippen molar-refractivity contribution in [3.05, 3.63) is 103 Å². The molecule has 0 saturated carbocycles. The monoisotopic (exact) mass is 384 g/mol. The molecule has 1 unspecified atom stereocenters.